The van der Waals surface area contributed by atoms with Crippen molar-refractivity contribution in [2.45, 2.75) is 44.9 Å². The van der Waals surface area contributed by atoms with E-state index in [1.807, 2.05) is 6.07 Å². The summed E-state index contributed by atoms with van der Waals surface area (Å²) >= 11 is 0. The number of carbonyl (C=O) groups is 1. The molecule has 1 fully saturated rings. The molecular formula is C16H24N2O2. The second-order valence-electron chi connectivity index (χ2n) is 5.49. The number of hydrogen-bond donors (Lipinski definition) is 2. The molecule has 4 heteroatoms. The number of methoxy groups -OCH3 is 1. The second kappa shape index (κ2) is 7.17. The van der Waals surface area contributed by atoms with Gasteiger partial charge >= 0.3 is 0 Å². The van der Waals surface area contributed by atoms with Crippen LogP contribution in [0.1, 0.15) is 44.9 Å². The van der Waals surface area contributed by atoms with E-state index in [1.54, 1.807) is 19.2 Å². The maximum Gasteiger partial charge on any atom is 0.227 e. The molecule has 0 aliphatic heterocycles. The molecule has 1 aromatic carbocycles. The van der Waals surface area contributed by atoms with Crippen molar-refractivity contribution in [1.82, 2.24) is 0 Å². The number of amides is 1. The molecule has 0 spiro atoms. The van der Waals surface area contributed by atoms with Gasteiger partial charge in [-0.3, -0.25) is 4.79 Å². The zero-order valence-electron chi connectivity index (χ0n) is 12.2. The number of nitrogen functional groups attached to an aromatic ring is 1. The Bertz CT molecular complexity index is 452. The molecule has 1 amide bonds. The Hall–Kier alpha value is -1.71. The summed E-state index contributed by atoms with van der Waals surface area (Å²) in [4.78, 5) is 12.3. The smallest absolute Gasteiger partial charge is 0.227 e. The monoisotopic (exact) mass is 276 g/mol. The highest BCUT2D eigenvalue weighted by atomic mass is 16.5. The van der Waals surface area contributed by atoms with E-state index in [0.717, 1.165) is 31.4 Å². The van der Waals surface area contributed by atoms with Gasteiger partial charge in [0.2, 0.25) is 5.91 Å². The third kappa shape index (κ3) is 3.89. The zero-order chi connectivity index (χ0) is 14.4. The standard InChI is InChI=1S/C16H24N2O2/c1-20-15-11-13(9-10-14(15)17)18-16(19)12-7-5-3-2-4-6-8-12/h9-12H,2-8,17H2,1H3,(H,18,19). The van der Waals surface area contributed by atoms with Gasteiger partial charge in [-0.15, -0.1) is 0 Å². The molecule has 110 valence electrons. The Kier molecular flexibility index (Phi) is 5.27. The fourth-order valence-electron chi connectivity index (χ4n) is 2.75. The maximum atomic E-state index is 12.3. The van der Waals surface area contributed by atoms with E-state index in [2.05, 4.69) is 5.32 Å². The molecule has 1 saturated carbocycles. The van der Waals surface area contributed by atoms with Gasteiger partial charge in [-0.2, -0.15) is 0 Å². The Morgan fingerprint density at radius 3 is 2.50 bits per heavy atom. The third-order valence-electron chi connectivity index (χ3n) is 3.98. The highest BCUT2D eigenvalue weighted by Gasteiger charge is 2.19. The first-order valence-electron chi connectivity index (χ1n) is 7.45. The van der Waals surface area contributed by atoms with Crippen LogP contribution in [-0.4, -0.2) is 13.0 Å². The molecule has 0 saturated heterocycles. The van der Waals surface area contributed by atoms with Crippen molar-refractivity contribution in [3.63, 3.8) is 0 Å². The van der Waals surface area contributed by atoms with Crippen molar-refractivity contribution in [3.8, 4) is 5.75 Å². The fraction of sp³-hybridized carbons (Fsp3) is 0.562. The molecule has 0 bridgehead atoms. The second-order valence-corrected chi connectivity index (χ2v) is 5.49. The van der Waals surface area contributed by atoms with Gasteiger partial charge in [0.05, 0.1) is 12.8 Å². The van der Waals surface area contributed by atoms with Gasteiger partial charge in [0.1, 0.15) is 5.75 Å². The van der Waals surface area contributed by atoms with Gasteiger partial charge < -0.3 is 15.8 Å². The summed E-state index contributed by atoms with van der Waals surface area (Å²) in [5, 5.41) is 2.99. The number of anilines is 2. The van der Waals surface area contributed by atoms with Gasteiger partial charge in [0.15, 0.2) is 0 Å². The van der Waals surface area contributed by atoms with Crippen LogP contribution in [0, 0.1) is 5.92 Å². The summed E-state index contributed by atoms with van der Waals surface area (Å²) in [6.07, 6.45) is 8.12. The Balaban J connectivity index is 1.99. The van der Waals surface area contributed by atoms with Crippen LogP contribution < -0.4 is 15.8 Å². The molecule has 1 aromatic rings. The molecule has 0 unspecified atom stereocenters. The molecule has 0 atom stereocenters. The van der Waals surface area contributed by atoms with Gasteiger partial charge in [0.25, 0.3) is 0 Å². The minimum absolute atomic E-state index is 0.124. The molecule has 0 heterocycles. The predicted octanol–water partition coefficient (Wildman–Crippen LogP) is 3.58. The van der Waals surface area contributed by atoms with Crippen molar-refractivity contribution < 1.29 is 9.53 Å². The summed E-state index contributed by atoms with van der Waals surface area (Å²) in [6, 6.07) is 5.35. The van der Waals surface area contributed by atoms with E-state index < -0.39 is 0 Å². The van der Waals surface area contributed by atoms with E-state index in [9.17, 15) is 4.79 Å². The van der Waals surface area contributed by atoms with Crippen LogP contribution in [0.3, 0.4) is 0 Å². The fourth-order valence-corrected chi connectivity index (χ4v) is 2.75. The lowest BCUT2D eigenvalue weighted by Gasteiger charge is -2.19. The summed E-state index contributed by atoms with van der Waals surface area (Å²) in [5.41, 5.74) is 7.11. The summed E-state index contributed by atoms with van der Waals surface area (Å²) in [6.45, 7) is 0. The first-order chi connectivity index (χ1) is 9.70. The van der Waals surface area contributed by atoms with E-state index in [1.165, 1.54) is 19.3 Å². The average Bonchev–Trinajstić information content (AvgIpc) is 2.40. The van der Waals surface area contributed by atoms with E-state index in [4.69, 9.17) is 10.5 Å². The first-order valence-corrected chi connectivity index (χ1v) is 7.45. The average molecular weight is 276 g/mol. The lowest BCUT2D eigenvalue weighted by atomic mass is 9.90. The Morgan fingerprint density at radius 2 is 1.85 bits per heavy atom. The Morgan fingerprint density at radius 1 is 1.20 bits per heavy atom. The molecule has 20 heavy (non-hydrogen) atoms. The zero-order valence-corrected chi connectivity index (χ0v) is 12.2. The number of carbonyl (C=O) groups excluding carboxylic acids is 1. The van der Waals surface area contributed by atoms with E-state index in [0.29, 0.717) is 11.4 Å². The third-order valence-corrected chi connectivity index (χ3v) is 3.98. The van der Waals surface area contributed by atoms with Crippen LogP contribution in [0.25, 0.3) is 0 Å². The van der Waals surface area contributed by atoms with E-state index in [-0.39, 0.29) is 11.8 Å². The number of hydrogen-bond acceptors (Lipinski definition) is 3. The number of benzene rings is 1. The molecule has 1 aliphatic carbocycles. The lowest BCUT2D eigenvalue weighted by Crippen LogP contribution is -2.23. The van der Waals surface area contributed by atoms with Crippen molar-refractivity contribution in [1.29, 1.82) is 0 Å². The largest absolute Gasteiger partial charge is 0.495 e. The quantitative estimate of drug-likeness (QED) is 0.829. The lowest BCUT2D eigenvalue weighted by molar-refractivity contribution is -0.120. The molecule has 1 aliphatic rings. The highest BCUT2D eigenvalue weighted by molar-refractivity contribution is 5.93. The SMILES string of the molecule is COc1cc(NC(=O)C2CCCCCCC2)ccc1N. The van der Waals surface area contributed by atoms with Crippen LogP contribution in [-0.2, 0) is 4.79 Å². The van der Waals surface area contributed by atoms with Crippen LogP contribution >= 0.6 is 0 Å². The highest BCUT2D eigenvalue weighted by Crippen LogP contribution is 2.27. The van der Waals surface area contributed by atoms with Gasteiger partial charge in [-0.05, 0) is 25.0 Å². The minimum atomic E-state index is 0.124. The van der Waals surface area contributed by atoms with Crippen LogP contribution in [0.4, 0.5) is 11.4 Å². The maximum absolute atomic E-state index is 12.3. The first kappa shape index (κ1) is 14.7. The summed E-state index contributed by atoms with van der Waals surface area (Å²) < 4.78 is 5.17. The van der Waals surface area contributed by atoms with Crippen LogP contribution in [0.15, 0.2) is 18.2 Å². The molecule has 3 N–H and O–H groups in total. The Labute approximate surface area is 120 Å². The van der Waals surface area contributed by atoms with Crippen LogP contribution in [0.2, 0.25) is 0 Å². The predicted molar refractivity (Wildman–Crippen MR) is 81.8 cm³/mol. The minimum Gasteiger partial charge on any atom is -0.495 e. The van der Waals surface area contributed by atoms with Crippen molar-refractivity contribution >= 4 is 17.3 Å². The topological polar surface area (TPSA) is 64.3 Å². The van der Waals surface area contributed by atoms with E-state index >= 15 is 0 Å². The van der Waals surface area contributed by atoms with Crippen LogP contribution in [0.5, 0.6) is 5.75 Å². The molecule has 0 aromatic heterocycles. The number of rotatable bonds is 3. The van der Waals surface area contributed by atoms with Crippen molar-refractivity contribution in [2.24, 2.45) is 5.92 Å². The summed E-state index contributed by atoms with van der Waals surface area (Å²) in [7, 11) is 1.58. The van der Waals surface area contributed by atoms with Gasteiger partial charge in [-0.1, -0.05) is 32.1 Å². The number of ether oxygens (including phenoxy) is 1. The van der Waals surface area contributed by atoms with Gasteiger partial charge in [0, 0.05) is 17.7 Å². The van der Waals surface area contributed by atoms with Crippen molar-refractivity contribution in [2.75, 3.05) is 18.2 Å². The number of nitrogens with two attached hydrogens (primary N) is 1. The van der Waals surface area contributed by atoms with Gasteiger partial charge in [-0.25, -0.2) is 0 Å². The molecule has 4 nitrogen and oxygen atoms in total. The molecule has 2 rings (SSSR count). The summed E-state index contributed by atoms with van der Waals surface area (Å²) in [5.74, 6) is 0.859. The normalized spacial score (nSPS) is 17.1. The molecule has 0 radical (unpaired) electrons. The number of nitrogens with one attached hydrogen (secondary N) is 1. The molecular weight excluding hydrogens is 252 g/mol. The van der Waals surface area contributed by atoms with Crippen molar-refractivity contribution in [3.05, 3.63) is 18.2 Å².